The number of rotatable bonds is 7. The van der Waals surface area contributed by atoms with Gasteiger partial charge in [0, 0.05) is 6.26 Å². The smallest absolute Gasteiger partial charge is 0.261 e. The molecule has 0 saturated carbocycles. The van der Waals surface area contributed by atoms with E-state index in [1.807, 2.05) is 39.8 Å². The minimum Gasteiger partial charge on any atom is -0.481 e. The van der Waals surface area contributed by atoms with E-state index in [0.29, 0.717) is 12.2 Å². The summed E-state index contributed by atoms with van der Waals surface area (Å²) in [6.07, 6.45) is 1.12. The van der Waals surface area contributed by atoms with Crippen LogP contribution < -0.4 is 10.1 Å². The first kappa shape index (κ1) is 21.0. The van der Waals surface area contributed by atoms with E-state index >= 15 is 0 Å². The molecule has 0 heterocycles. The van der Waals surface area contributed by atoms with Gasteiger partial charge >= 0.3 is 0 Å². The monoisotopic (exact) mass is 389 g/mol. The molecule has 27 heavy (non-hydrogen) atoms. The van der Waals surface area contributed by atoms with Crippen molar-refractivity contribution >= 4 is 15.7 Å². The van der Waals surface area contributed by atoms with Crippen LogP contribution in [-0.4, -0.2) is 26.7 Å². The normalized spacial score (nSPS) is 13.7. The van der Waals surface area contributed by atoms with Gasteiger partial charge in [-0.15, -0.1) is 0 Å². The number of amides is 1. The van der Waals surface area contributed by atoms with Gasteiger partial charge in [-0.3, -0.25) is 4.79 Å². The van der Waals surface area contributed by atoms with Gasteiger partial charge in [0.25, 0.3) is 5.91 Å². The summed E-state index contributed by atoms with van der Waals surface area (Å²) in [5.41, 5.74) is 3.00. The average Bonchev–Trinajstić information content (AvgIpc) is 2.58. The Balaban J connectivity index is 2.07. The molecule has 0 aromatic heterocycles. The molecule has 0 spiro atoms. The summed E-state index contributed by atoms with van der Waals surface area (Å²) in [6.45, 7) is 7.74. The molecule has 0 aliphatic carbocycles. The van der Waals surface area contributed by atoms with Crippen LogP contribution in [0, 0.1) is 13.8 Å². The van der Waals surface area contributed by atoms with E-state index in [2.05, 4.69) is 11.4 Å². The highest BCUT2D eigenvalue weighted by atomic mass is 32.2. The van der Waals surface area contributed by atoms with Crippen LogP contribution in [-0.2, 0) is 14.6 Å². The Morgan fingerprint density at radius 2 is 1.63 bits per heavy atom. The highest BCUT2D eigenvalue weighted by molar-refractivity contribution is 7.90. The summed E-state index contributed by atoms with van der Waals surface area (Å²) in [5.74, 6) is 0.482. The fourth-order valence-electron chi connectivity index (χ4n) is 2.88. The first-order valence-electron chi connectivity index (χ1n) is 8.95. The van der Waals surface area contributed by atoms with Gasteiger partial charge in [0.2, 0.25) is 0 Å². The zero-order chi connectivity index (χ0) is 20.2. The molecule has 0 fully saturated rings. The average molecular weight is 390 g/mol. The Hall–Kier alpha value is -2.34. The van der Waals surface area contributed by atoms with Crippen LogP contribution in [0.25, 0.3) is 0 Å². The Morgan fingerprint density at radius 3 is 2.11 bits per heavy atom. The first-order chi connectivity index (χ1) is 12.6. The molecule has 0 aliphatic heterocycles. The van der Waals surface area contributed by atoms with Crippen LogP contribution in [0.3, 0.4) is 0 Å². The molecule has 2 aromatic carbocycles. The number of hydrogen-bond donors (Lipinski definition) is 1. The molecular formula is C21H27NO4S. The second-order valence-corrected chi connectivity index (χ2v) is 8.93. The fraction of sp³-hybridized carbons (Fsp3) is 0.381. The second-order valence-electron chi connectivity index (χ2n) is 6.91. The fourth-order valence-corrected chi connectivity index (χ4v) is 3.51. The van der Waals surface area contributed by atoms with Crippen LogP contribution in [0.1, 0.15) is 43.0 Å². The standard InChI is InChI=1S/C21H27NO4S/c1-6-20(26-18-12-14(2)11-15(3)13-18)21(23)22-16(4)17-7-9-19(10-8-17)27(5,24)25/h7-13,16,20H,6H2,1-5H3,(H,22,23)/t16-,20+/m1/s1. The lowest BCUT2D eigenvalue weighted by Gasteiger charge is -2.21. The van der Waals surface area contributed by atoms with Gasteiger partial charge in [0.1, 0.15) is 5.75 Å². The van der Waals surface area contributed by atoms with Crippen LogP contribution >= 0.6 is 0 Å². The molecule has 0 radical (unpaired) electrons. The van der Waals surface area contributed by atoms with Crippen molar-refractivity contribution in [2.45, 2.75) is 51.2 Å². The molecule has 0 saturated heterocycles. The predicted octanol–water partition coefficient (Wildman–Crippen LogP) is 3.74. The van der Waals surface area contributed by atoms with Crippen molar-refractivity contribution in [3.8, 4) is 5.75 Å². The highest BCUT2D eigenvalue weighted by Gasteiger charge is 2.21. The van der Waals surface area contributed by atoms with E-state index in [-0.39, 0.29) is 16.8 Å². The number of sulfone groups is 1. The minimum atomic E-state index is -3.23. The molecule has 0 aliphatic rings. The van der Waals surface area contributed by atoms with E-state index in [1.165, 1.54) is 6.26 Å². The first-order valence-corrected chi connectivity index (χ1v) is 10.8. The number of benzene rings is 2. The van der Waals surface area contributed by atoms with Crippen molar-refractivity contribution in [2.75, 3.05) is 6.26 Å². The number of carbonyl (C=O) groups is 1. The summed E-state index contributed by atoms with van der Waals surface area (Å²) >= 11 is 0. The van der Waals surface area contributed by atoms with E-state index < -0.39 is 15.9 Å². The molecule has 1 N–H and O–H groups in total. The largest absolute Gasteiger partial charge is 0.481 e. The third kappa shape index (κ3) is 5.82. The van der Waals surface area contributed by atoms with Crippen molar-refractivity contribution in [1.29, 1.82) is 0 Å². The number of nitrogens with one attached hydrogen (secondary N) is 1. The summed E-state index contributed by atoms with van der Waals surface area (Å²) in [6, 6.07) is 12.2. The summed E-state index contributed by atoms with van der Waals surface area (Å²) in [7, 11) is -3.23. The van der Waals surface area contributed by atoms with E-state index in [0.717, 1.165) is 16.7 Å². The molecular weight excluding hydrogens is 362 g/mol. The SMILES string of the molecule is CC[C@H](Oc1cc(C)cc(C)c1)C(=O)N[C@H](C)c1ccc(S(C)(=O)=O)cc1. The van der Waals surface area contributed by atoms with Crippen LogP contribution in [0.2, 0.25) is 0 Å². The lowest BCUT2D eigenvalue weighted by Crippen LogP contribution is -2.39. The van der Waals surface area contributed by atoms with Crippen LogP contribution in [0.15, 0.2) is 47.4 Å². The molecule has 6 heteroatoms. The number of ether oxygens (including phenoxy) is 1. The quantitative estimate of drug-likeness (QED) is 0.783. The molecule has 5 nitrogen and oxygen atoms in total. The molecule has 146 valence electrons. The molecule has 1 amide bonds. The van der Waals surface area contributed by atoms with Crippen LogP contribution in [0.5, 0.6) is 5.75 Å². The maximum atomic E-state index is 12.6. The van der Waals surface area contributed by atoms with Crippen molar-refractivity contribution in [3.63, 3.8) is 0 Å². The van der Waals surface area contributed by atoms with Gasteiger partial charge in [0.15, 0.2) is 15.9 Å². The van der Waals surface area contributed by atoms with Gasteiger partial charge in [-0.2, -0.15) is 0 Å². The third-order valence-corrected chi connectivity index (χ3v) is 5.43. The Bertz CT molecular complexity index is 884. The van der Waals surface area contributed by atoms with Crippen LogP contribution in [0.4, 0.5) is 0 Å². The van der Waals surface area contributed by atoms with E-state index in [9.17, 15) is 13.2 Å². The van der Waals surface area contributed by atoms with E-state index in [4.69, 9.17) is 4.74 Å². The maximum absolute atomic E-state index is 12.6. The van der Waals surface area contributed by atoms with Crippen molar-refractivity contribution in [2.24, 2.45) is 0 Å². The molecule has 2 rings (SSSR count). The number of aryl methyl sites for hydroxylation is 2. The molecule has 2 atom stereocenters. The minimum absolute atomic E-state index is 0.198. The van der Waals surface area contributed by atoms with Crippen molar-refractivity contribution in [3.05, 3.63) is 59.2 Å². The number of hydrogen-bond acceptors (Lipinski definition) is 4. The zero-order valence-corrected chi connectivity index (χ0v) is 17.3. The topological polar surface area (TPSA) is 72.5 Å². The summed E-state index contributed by atoms with van der Waals surface area (Å²) in [5, 5.41) is 2.94. The Kier molecular flexibility index (Phi) is 6.65. The van der Waals surface area contributed by atoms with E-state index in [1.54, 1.807) is 24.3 Å². The summed E-state index contributed by atoms with van der Waals surface area (Å²) < 4.78 is 29.0. The van der Waals surface area contributed by atoms with Crippen molar-refractivity contribution in [1.82, 2.24) is 5.32 Å². The highest BCUT2D eigenvalue weighted by Crippen LogP contribution is 2.20. The third-order valence-electron chi connectivity index (χ3n) is 4.30. The van der Waals surface area contributed by atoms with Gasteiger partial charge in [-0.1, -0.05) is 25.1 Å². The Morgan fingerprint density at radius 1 is 1.07 bits per heavy atom. The lowest BCUT2D eigenvalue weighted by atomic mass is 10.1. The second kappa shape index (κ2) is 8.57. The lowest BCUT2D eigenvalue weighted by molar-refractivity contribution is -0.128. The van der Waals surface area contributed by atoms with Gasteiger partial charge in [-0.05, 0) is 68.1 Å². The molecule has 0 bridgehead atoms. The predicted molar refractivity (Wildman–Crippen MR) is 107 cm³/mol. The summed E-state index contributed by atoms with van der Waals surface area (Å²) in [4.78, 5) is 12.9. The Labute approximate surface area is 161 Å². The maximum Gasteiger partial charge on any atom is 0.261 e. The molecule has 0 unspecified atom stereocenters. The van der Waals surface area contributed by atoms with Gasteiger partial charge in [0.05, 0.1) is 10.9 Å². The number of carbonyl (C=O) groups excluding carboxylic acids is 1. The zero-order valence-electron chi connectivity index (χ0n) is 16.4. The van der Waals surface area contributed by atoms with Gasteiger partial charge in [-0.25, -0.2) is 8.42 Å². The van der Waals surface area contributed by atoms with Crippen molar-refractivity contribution < 1.29 is 17.9 Å². The molecule has 2 aromatic rings. The van der Waals surface area contributed by atoms with Gasteiger partial charge < -0.3 is 10.1 Å².